The lowest BCUT2D eigenvalue weighted by Crippen LogP contribution is -2.38. The zero-order chi connectivity index (χ0) is 22.8. The number of anilines is 2. The van der Waals surface area contributed by atoms with Crippen LogP contribution in [-0.2, 0) is 4.79 Å². The molecule has 1 atom stereocenters. The van der Waals surface area contributed by atoms with Gasteiger partial charge in [-0.25, -0.2) is 4.98 Å². The number of carbonyl (C=O) groups excluding carboxylic acids is 2. The van der Waals surface area contributed by atoms with Crippen LogP contribution in [0.1, 0.15) is 23.2 Å². The molecule has 4 rings (SSSR count). The number of nitrogens with two attached hydrogens (primary N) is 1. The van der Waals surface area contributed by atoms with E-state index in [0.29, 0.717) is 50.8 Å². The molecule has 1 fully saturated rings. The van der Waals surface area contributed by atoms with Crippen molar-refractivity contribution in [3.63, 3.8) is 0 Å². The van der Waals surface area contributed by atoms with Crippen molar-refractivity contribution in [2.24, 2.45) is 5.73 Å². The maximum absolute atomic E-state index is 12.6. The number of pyridine rings is 1. The van der Waals surface area contributed by atoms with Gasteiger partial charge in [-0.15, -0.1) is 0 Å². The number of halogens is 2. The number of ether oxygens (including phenoxy) is 1. The first-order valence-corrected chi connectivity index (χ1v) is 11.0. The van der Waals surface area contributed by atoms with Crippen LogP contribution in [0.2, 0.25) is 10.0 Å². The second-order valence-corrected chi connectivity index (χ2v) is 8.58. The van der Waals surface area contributed by atoms with Gasteiger partial charge in [-0.05, 0) is 30.7 Å². The number of phenolic OH excluding ortho intramolecular Hbond substituents is 1. The summed E-state index contributed by atoms with van der Waals surface area (Å²) in [6.07, 6.45) is 0.949. The highest BCUT2D eigenvalue weighted by Crippen LogP contribution is 2.34. The van der Waals surface area contributed by atoms with E-state index in [1.165, 1.54) is 12.1 Å². The molecule has 2 amide bonds. The summed E-state index contributed by atoms with van der Waals surface area (Å²) in [4.78, 5) is 32.6. The monoisotopic (exact) mass is 479 g/mol. The fourth-order valence-corrected chi connectivity index (χ4v) is 4.36. The second-order valence-electron chi connectivity index (χ2n) is 7.73. The second kappa shape index (κ2) is 9.30. The van der Waals surface area contributed by atoms with Crippen molar-refractivity contribution in [1.82, 2.24) is 10.3 Å². The number of amides is 2. The van der Waals surface area contributed by atoms with E-state index in [1.807, 2.05) is 17.0 Å². The summed E-state index contributed by atoms with van der Waals surface area (Å²) in [7, 11) is 0. The molecule has 0 aliphatic carbocycles. The Bertz CT molecular complexity index is 1050. The maximum atomic E-state index is 12.6. The van der Waals surface area contributed by atoms with Gasteiger partial charge in [0, 0.05) is 37.1 Å². The number of benzene rings is 1. The van der Waals surface area contributed by atoms with E-state index in [4.69, 9.17) is 38.7 Å². The number of carbonyl (C=O) groups is 2. The zero-order valence-corrected chi connectivity index (χ0v) is 18.7. The molecule has 32 heavy (non-hydrogen) atoms. The fourth-order valence-electron chi connectivity index (χ4n) is 3.86. The Kier molecular flexibility index (Phi) is 6.48. The molecular weight excluding hydrogens is 457 g/mol. The topological polar surface area (TPSA) is 121 Å². The van der Waals surface area contributed by atoms with Crippen LogP contribution in [0.15, 0.2) is 24.3 Å². The van der Waals surface area contributed by atoms with Crippen molar-refractivity contribution >= 4 is 46.7 Å². The van der Waals surface area contributed by atoms with Gasteiger partial charge in [-0.1, -0.05) is 23.2 Å². The average molecular weight is 480 g/mol. The van der Waals surface area contributed by atoms with Crippen molar-refractivity contribution in [2.45, 2.75) is 18.9 Å². The summed E-state index contributed by atoms with van der Waals surface area (Å²) in [5, 5.41) is 13.3. The van der Waals surface area contributed by atoms with Crippen LogP contribution in [-0.4, -0.2) is 60.7 Å². The Balaban J connectivity index is 1.44. The Morgan fingerprint density at radius 1 is 1.28 bits per heavy atom. The van der Waals surface area contributed by atoms with Gasteiger partial charge >= 0.3 is 0 Å². The van der Waals surface area contributed by atoms with Gasteiger partial charge < -0.3 is 30.7 Å². The van der Waals surface area contributed by atoms with E-state index in [-0.39, 0.29) is 39.7 Å². The molecule has 2 aromatic rings. The number of aromatic nitrogens is 1. The third-order valence-electron chi connectivity index (χ3n) is 5.49. The molecule has 1 aromatic carbocycles. The highest BCUT2D eigenvalue weighted by Gasteiger charge is 2.28. The lowest BCUT2D eigenvalue weighted by molar-refractivity contribution is -0.117. The summed E-state index contributed by atoms with van der Waals surface area (Å²) < 4.78 is 5.69. The van der Waals surface area contributed by atoms with E-state index in [9.17, 15) is 14.7 Å². The number of rotatable bonds is 6. The fraction of sp³-hybridized carbons (Fsp3) is 0.381. The minimum atomic E-state index is -0.442. The summed E-state index contributed by atoms with van der Waals surface area (Å²) in [5.74, 6) is 1.00. The van der Waals surface area contributed by atoms with Crippen LogP contribution in [0.3, 0.4) is 0 Å². The zero-order valence-electron chi connectivity index (χ0n) is 17.2. The van der Waals surface area contributed by atoms with E-state index in [0.717, 1.165) is 5.82 Å². The first-order chi connectivity index (χ1) is 15.3. The van der Waals surface area contributed by atoms with Crippen molar-refractivity contribution in [3.8, 4) is 11.5 Å². The number of hydrogen-bond acceptors (Lipinski definition) is 7. The van der Waals surface area contributed by atoms with E-state index >= 15 is 0 Å². The Hall–Kier alpha value is -2.91. The Labute approximate surface area is 195 Å². The molecule has 2 aliphatic rings. The number of phenols is 1. The first-order valence-electron chi connectivity index (χ1n) is 10.2. The van der Waals surface area contributed by atoms with Crippen LogP contribution >= 0.6 is 23.2 Å². The standard InChI is InChI=1S/C21H23Cl2N5O4/c22-12-9-14(19(30)15(23)10-12)21(31)25-13-3-5-28(11-13)18-2-1-16-20(26-18)27(7-8-32-16)6-4-17(24)29/h1-2,9-10,13,30H,3-8,11H2,(H2,24,29)(H,25,31)/t13-/m0/s1. The molecule has 0 saturated carbocycles. The van der Waals surface area contributed by atoms with Crippen molar-refractivity contribution in [3.05, 3.63) is 39.9 Å². The van der Waals surface area contributed by atoms with Crippen molar-refractivity contribution in [2.75, 3.05) is 42.6 Å². The largest absolute Gasteiger partial charge is 0.506 e. The molecular formula is C21H23Cl2N5O4. The average Bonchev–Trinajstić information content (AvgIpc) is 3.22. The number of fused-ring (bicyclic) bond motifs is 1. The third-order valence-corrected chi connectivity index (χ3v) is 6.00. The normalized spacial score (nSPS) is 17.6. The smallest absolute Gasteiger partial charge is 0.255 e. The lowest BCUT2D eigenvalue weighted by atomic mass is 10.1. The molecule has 0 unspecified atom stereocenters. The van der Waals surface area contributed by atoms with Gasteiger partial charge in [0.25, 0.3) is 5.91 Å². The molecule has 0 bridgehead atoms. The first kappa shape index (κ1) is 22.3. The molecule has 170 valence electrons. The van der Waals surface area contributed by atoms with Crippen molar-refractivity contribution in [1.29, 1.82) is 0 Å². The maximum Gasteiger partial charge on any atom is 0.255 e. The molecule has 1 saturated heterocycles. The Morgan fingerprint density at radius 2 is 2.09 bits per heavy atom. The number of primary amides is 1. The van der Waals surface area contributed by atoms with E-state index < -0.39 is 5.91 Å². The van der Waals surface area contributed by atoms with Crippen LogP contribution < -0.4 is 25.6 Å². The number of nitrogens with zero attached hydrogens (tertiary/aromatic N) is 3. The number of nitrogens with one attached hydrogen (secondary N) is 1. The van der Waals surface area contributed by atoms with Crippen LogP contribution in [0, 0.1) is 0 Å². The molecule has 11 heteroatoms. The number of hydrogen-bond donors (Lipinski definition) is 3. The molecule has 1 aromatic heterocycles. The van der Waals surface area contributed by atoms with E-state index in [1.54, 1.807) is 0 Å². The third kappa shape index (κ3) is 4.78. The summed E-state index contributed by atoms with van der Waals surface area (Å²) >= 11 is 11.9. The predicted molar refractivity (Wildman–Crippen MR) is 122 cm³/mol. The molecule has 0 spiro atoms. The van der Waals surface area contributed by atoms with Gasteiger partial charge in [0.2, 0.25) is 5.91 Å². The van der Waals surface area contributed by atoms with Gasteiger partial charge in [0.15, 0.2) is 11.6 Å². The Morgan fingerprint density at radius 3 is 2.88 bits per heavy atom. The minimum absolute atomic E-state index is 0.0251. The number of aromatic hydroxyl groups is 1. The molecule has 4 N–H and O–H groups in total. The predicted octanol–water partition coefficient (Wildman–Crippen LogP) is 2.18. The summed E-state index contributed by atoms with van der Waals surface area (Å²) in [6.45, 7) is 2.87. The molecule has 0 radical (unpaired) electrons. The lowest BCUT2D eigenvalue weighted by Gasteiger charge is -2.31. The molecule has 2 aliphatic heterocycles. The molecule has 9 nitrogen and oxygen atoms in total. The van der Waals surface area contributed by atoms with Crippen LogP contribution in [0.5, 0.6) is 11.5 Å². The van der Waals surface area contributed by atoms with Gasteiger partial charge in [-0.3, -0.25) is 9.59 Å². The quantitative estimate of drug-likeness (QED) is 0.580. The SMILES string of the molecule is NC(=O)CCN1CCOc2ccc(N3CC[C@H](NC(=O)c4cc(Cl)cc(Cl)c4O)C3)nc21. The minimum Gasteiger partial charge on any atom is -0.506 e. The summed E-state index contributed by atoms with van der Waals surface area (Å²) in [5.41, 5.74) is 5.33. The summed E-state index contributed by atoms with van der Waals surface area (Å²) in [6, 6.07) is 6.37. The van der Waals surface area contributed by atoms with Crippen LogP contribution in [0.25, 0.3) is 0 Å². The van der Waals surface area contributed by atoms with Crippen LogP contribution in [0.4, 0.5) is 11.6 Å². The van der Waals surface area contributed by atoms with Gasteiger partial charge in [-0.2, -0.15) is 0 Å². The van der Waals surface area contributed by atoms with Gasteiger partial charge in [0.1, 0.15) is 18.2 Å². The van der Waals surface area contributed by atoms with Gasteiger partial charge in [0.05, 0.1) is 17.1 Å². The molecule has 3 heterocycles. The van der Waals surface area contributed by atoms with Crippen molar-refractivity contribution < 1.29 is 19.4 Å². The highest BCUT2D eigenvalue weighted by atomic mass is 35.5. The van der Waals surface area contributed by atoms with E-state index in [2.05, 4.69) is 10.2 Å². The highest BCUT2D eigenvalue weighted by molar-refractivity contribution is 6.36.